The summed E-state index contributed by atoms with van der Waals surface area (Å²) in [4.78, 5) is 9.01. The summed E-state index contributed by atoms with van der Waals surface area (Å²) in [5, 5.41) is 3.51. The maximum atomic E-state index is 12.3. The van der Waals surface area contributed by atoms with E-state index in [2.05, 4.69) is 58.2 Å². The number of benzene rings is 1. The van der Waals surface area contributed by atoms with E-state index in [1.165, 1.54) is 11.1 Å². The van der Waals surface area contributed by atoms with Crippen LogP contribution in [0.4, 0.5) is 0 Å². The van der Waals surface area contributed by atoms with E-state index in [1.54, 1.807) is 20.9 Å². The van der Waals surface area contributed by atoms with Crippen molar-refractivity contribution in [2.75, 3.05) is 39.0 Å². The average Bonchev–Trinajstić information content (AvgIpc) is 2.64. The second-order valence-electron chi connectivity index (χ2n) is 9.15. The molecule has 2 heterocycles. The Morgan fingerprint density at radius 3 is 2.54 bits per heavy atom. The molecule has 0 bridgehead atoms. The van der Waals surface area contributed by atoms with Crippen LogP contribution in [0.2, 0.25) is 0 Å². The van der Waals surface area contributed by atoms with Gasteiger partial charge in [-0.05, 0) is 45.2 Å². The van der Waals surface area contributed by atoms with Crippen LogP contribution in [-0.4, -0.2) is 73.4 Å². The summed E-state index contributed by atoms with van der Waals surface area (Å²) < 4.78 is 23.8. The van der Waals surface area contributed by atoms with Gasteiger partial charge in [0.1, 0.15) is 0 Å². The summed E-state index contributed by atoms with van der Waals surface area (Å²) in [6, 6.07) is 8.68. The lowest BCUT2D eigenvalue weighted by Gasteiger charge is -2.43. The summed E-state index contributed by atoms with van der Waals surface area (Å²) >= 11 is 0. The third-order valence-corrected chi connectivity index (χ3v) is 8.75. The Labute approximate surface area is 169 Å². The molecule has 0 spiro atoms. The standard InChI is InChI=1S/C21H34N4O2S/c1-20(2,25-11-10-17-8-6-7-9-18(17)14-25)15-23-19(22-5)24-12-13-28(26,27)21(3,4)16-24/h6-9H,10-16H2,1-5H3,(H,22,23). The van der Waals surface area contributed by atoms with Gasteiger partial charge in [0.25, 0.3) is 0 Å². The number of nitrogens with one attached hydrogen (secondary N) is 1. The van der Waals surface area contributed by atoms with Crippen molar-refractivity contribution >= 4 is 15.8 Å². The van der Waals surface area contributed by atoms with Gasteiger partial charge in [-0.15, -0.1) is 0 Å². The first-order valence-corrected chi connectivity index (χ1v) is 11.7. The SMILES string of the molecule is CN=C(NCC(C)(C)N1CCc2ccccc2C1)N1CCS(=O)(=O)C(C)(C)C1. The highest BCUT2D eigenvalue weighted by Crippen LogP contribution is 2.26. The predicted molar refractivity (Wildman–Crippen MR) is 115 cm³/mol. The highest BCUT2D eigenvalue weighted by molar-refractivity contribution is 7.92. The molecule has 0 saturated carbocycles. The largest absolute Gasteiger partial charge is 0.354 e. The molecule has 156 valence electrons. The van der Waals surface area contributed by atoms with Gasteiger partial charge in [-0.25, -0.2) is 8.42 Å². The molecule has 1 aromatic rings. The number of nitrogens with zero attached hydrogens (tertiary/aromatic N) is 3. The third kappa shape index (κ3) is 4.20. The van der Waals surface area contributed by atoms with Gasteiger partial charge in [0, 0.05) is 45.3 Å². The topological polar surface area (TPSA) is 65.0 Å². The zero-order chi connectivity index (χ0) is 20.6. The second-order valence-corrected chi connectivity index (χ2v) is 11.9. The Hall–Kier alpha value is -1.60. The molecule has 0 atom stereocenters. The number of rotatable bonds is 3. The van der Waals surface area contributed by atoms with Gasteiger partial charge >= 0.3 is 0 Å². The molecule has 2 aliphatic heterocycles. The van der Waals surface area contributed by atoms with E-state index >= 15 is 0 Å². The van der Waals surface area contributed by atoms with E-state index < -0.39 is 14.6 Å². The number of aliphatic imine (C=N–C) groups is 1. The van der Waals surface area contributed by atoms with Crippen LogP contribution in [-0.2, 0) is 22.8 Å². The molecular weight excluding hydrogens is 372 g/mol. The van der Waals surface area contributed by atoms with Crippen molar-refractivity contribution < 1.29 is 8.42 Å². The molecular formula is C21H34N4O2S. The minimum absolute atomic E-state index is 0.0408. The molecule has 28 heavy (non-hydrogen) atoms. The maximum Gasteiger partial charge on any atom is 0.193 e. The fourth-order valence-corrected chi connectivity index (χ4v) is 5.44. The molecule has 3 rings (SSSR count). The number of sulfone groups is 1. The first-order valence-electron chi connectivity index (χ1n) is 10.1. The molecule has 0 amide bonds. The number of fused-ring (bicyclic) bond motifs is 1. The molecule has 0 aliphatic carbocycles. The molecule has 0 aromatic heterocycles. The van der Waals surface area contributed by atoms with E-state index in [4.69, 9.17) is 0 Å². The quantitative estimate of drug-likeness (QED) is 0.614. The number of hydrogen-bond donors (Lipinski definition) is 1. The maximum absolute atomic E-state index is 12.3. The van der Waals surface area contributed by atoms with Gasteiger partial charge in [-0.1, -0.05) is 24.3 Å². The minimum Gasteiger partial charge on any atom is -0.354 e. The Kier molecular flexibility index (Phi) is 5.79. The van der Waals surface area contributed by atoms with E-state index in [1.807, 2.05) is 0 Å². The molecule has 0 radical (unpaired) electrons. The van der Waals surface area contributed by atoms with Crippen LogP contribution < -0.4 is 5.32 Å². The summed E-state index contributed by atoms with van der Waals surface area (Å²) in [6.07, 6.45) is 1.08. The van der Waals surface area contributed by atoms with Gasteiger partial charge in [0.2, 0.25) is 0 Å². The fourth-order valence-electron chi connectivity index (χ4n) is 4.08. The number of hydrogen-bond acceptors (Lipinski definition) is 4. The van der Waals surface area contributed by atoms with Gasteiger partial charge in [-0.3, -0.25) is 9.89 Å². The molecule has 1 N–H and O–H groups in total. The van der Waals surface area contributed by atoms with Crippen LogP contribution in [0.25, 0.3) is 0 Å². The Morgan fingerprint density at radius 1 is 1.21 bits per heavy atom. The minimum atomic E-state index is -3.06. The van der Waals surface area contributed by atoms with Crippen molar-refractivity contribution in [3.05, 3.63) is 35.4 Å². The summed E-state index contributed by atoms with van der Waals surface area (Å²) in [5.41, 5.74) is 2.82. The van der Waals surface area contributed by atoms with Crippen molar-refractivity contribution in [1.29, 1.82) is 0 Å². The van der Waals surface area contributed by atoms with Crippen molar-refractivity contribution in [3.8, 4) is 0 Å². The Morgan fingerprint density at radius 2 is 1.89 bits per heavy atom. The highest BCUT2D eigenvalue weighted by Gasteiger charge is 2.41. The lowest BCUT2D eigenvalue weighted by atomic mass is 9.94. The van der Waals surface area contributed by atoms with Crippen LogP contribution in [0.1, 0.15) is 38.8 Å². The van der Waals surface area contributed by atoms with Gasteiger partial charge in [0.05, 0.1) is 10.5 Å². The van der Waals surface area contributed by atoms with Crippen molar-refractivity contribution in [2.45, 2.75) is 50.9 Å². The van der Waals surface area contributed by atoms with E-state index in [0.717, 1.165) is 32.0 Å². The monoisotopic (exact) mass is 406 g/mol. The molecule has 0 unspecified atom stereocenters. The molecule has 1 fully saturated rings. The normalized spacial score (nSPS) is 22.6. The first-order chi connectivity index (χ1) is 13.1. The van der Waals surface area contributed by atoms with Crippen molar-refractivity contribution in [2.24, 2.45) is 4.99 Å². The molecule has 2 aliphatic rings. The average molecular weight is 407 g/mol. The van der Waals surface area contributed by atoms with Gasteiger partial charge in [0.15, 0.2) is 15.8 Å². The van der Waals surface area contributed by atoms with Crippen molar-refractivity contribution in [1.82, 2.24) is 15.1 Å². The lowest BCUT2D eigenvalue weighted by Crippen LogP contribution is -2.59. The molecule has 1 aromatic carbocycles. The highest BCUT2D eigenvalue weighted by atomic mass is 32.2. The van der Waals surface area contributed by atoms with Crippen molar-refractivity contribution in [3.63, 3.8) is 0 Å². The first kappa shape index (κ1) is 21.1. The Bertz CT molecular complexity index is 846. The zero-order valence-electron chi connectivity index (χ0n) is 17.8. The van der Waals surface area contributed by atoms with Crippen LogP contribution in [0.15, 0.2) is 29.3 Å². The summed E-state index contributed by atoms with van der Waals surface area (Å²) in [7, 11) is -1.29. The van der Waals surface area contributed by atoms with E-state index in [0.29, 0.717) is 13.1 Å². The fraction of sp³-hybridized carbons (Fsp3) is 0.667. The Balaban J connectivity index is 1.63. The molecule has 6 nitrogen and oxygen atoms in total. The van der Waals surface area contributed by atoms with Crippen LogP contribution in [0.3, 0.4) is 0 Å². The summed E-state index contributed by atoms with van der Waals surface area (Å²) in [5.74, 6) is 0.959. The third-order valence-electron chi connectivity index (χ3n) is 6.22. The van der Waals surface area contributed by atoms with Gasteiger partial charge < -0.3 is 10.2 Å². The smallest absolute Gasteiger partial charge is 0.193 e. The second kappa shape index (κ2) is 7.67. The van der Waals surface area contributed by atoms with Gasteiger partial charge in [-0.2, -0.15) is 0 Å². The molecule has 7 heteroatoms. The zero-order valence-corrected chi connectivity index (χ0v) is 18.6. The van der Waals surface area contributed by atoms with E-state index in [-0.39, 0.29) is 11.3 Å². The molecule has 1 saturated heterocycles. The summed E-state index contributed by atoms with van der Waals surface area (Å²) in [6.45, 7) is 11.8. The van der Waals surface area contributed by atoms with Crippen LogP contribution in [0, 0.1) is 0 Å². The lowest BCUT2D eigenvalue weighted by molar-refractivity contribution is 0.106. The van der Waals surface area contributed by atoms with Crippen LogP contribution in [0.5, 0.6) is 0 Å². The van der Waals surface area contributed by atoms with Crippen LogP contribution >= 0.6 is 0 Å². The van der Waals surface area contributed by atoms with E-state index in [9.17, 15) is 8.42 Å². The number of guanidine groups is 1. The predicted octanol–water partition coefficient (Wildman–Crippen LogP) is 1.91.